The van der Waals surface area contributed by atoms with Gasteiger partial charge in [-0.1, -0.05) is 38.2 Å². The summed E-state index contributed by atoms with van der Waals surface area (Å²) in [4.78, 5) is 20.9. The van der Waals surface area contributed by atoms with Crippen molar-refractivity contribution in [1.29, 1.82) is 0 Å². The summed E-state index contributed by atoms with van der Waals surface area (Å²) in [5.41, 5.74) is 12.1. The van der Waals surface area contributed by atoms with Gasteiger partial charge in [0.2, 0.25) is 12.4 Å². The molecule has 0 aliphatic heterocycles. The van der Waals surface area contributed by atoms with E-state index in [2.05, 4.69) is 60.6 Å². The number of amides is 1. The largest absolute Gasteiger partial charge is 0.372 e. The monoisotopic (exact) mass is 493 g/mol. The van der Waals surface area contributed by atoms with Crippen LogP contribution in [0.3, 0.4) is 0 Å². The Morgan fingerprint density at radius 2 is 1.72 bits per heavy atom. The molecular formula is C26H39N9O. The molecular weight excluding hydrogens is 454 g/mol. The maximum atomic E-state index is 8.58. The van der Waals surface area contributed by atoms with E-state index in [4.69, 9.17) is 10.5 Å². The maximum Gasteiger partial charge on any atom is 0.221 e. The van der Waals surface area contributed by atoms with Crippen LogP contribution in [0.4, 0.5) is 17.6 Å². The van der Waals surface area contributed by atoms with Crippen molar-refractivity contribution in [3.8, 4) is 0 Å². The highest BCUT2D eigenvalue weighted by molar-refractivity contribution is 5.52. The first-order chi connectivity index (χ1) is 17.6. The van der Waals surface area contributed by atoms with Crippen LogP contribution in [0.1, 0.15) is 88.1 Å². The molecule has 1 amide bonds. The Kier molecular flexibility index (Phi) is 11.1. The number of primary amides is 1. The second-order valence-corrected chi connectivity index (χ2v) is 9.23. The molecule has 1 atom stereocenters. The number of nitrogen functional groups attached to an aromatic ring is 1. The Morgan fingerprint density at radius 3 is 2.39 bits per heavy atom. The van der Waals surface area contributed by atoms with E-state index in [0.29, 0.717) is 23.8 Å². The summed E-state index contributed by atoms with van der Waals surface area (Å²) in [7, 11) is 0. The molecule has 3 aromatic rings. The molecule has 3 aromatic heterocycles. The van der Waals surface area contributed by atoms with Gasteiger partial charge < -0.3 is 22.1 Å². The summed E-state index contributed by atoms with van der Waals surface area (Å²) in [5.74, 6) is 2.32. The predicted octanol–water partition coefficient (Wildman–Crippen LogP) is 4.35. The number of carbonyl (C=O) groups is 1. The lowest BCUT2D eigenvalue weighted by molar-refractivity contribution is -0.106. The van der Waals surface area contributed by atoms with Gasteiger partial charge in [-0.2, -0.15) is 10.1 Å². The Labute approximate surface area is 213 Å². The molecule has 2 aliphatic carbocycles. The molecule has 0 aromatic carbocycles. The van der Waals surface area contributed by atoms with Crippen LogP contribution in [0.25, 0.3) is 0 Å². The van der Waals surface area contributed by atoms with Crippen molar-refractivity contribution < 1.29 is 4.79 Å². The molecule has 10 nitrogen and oxygen atoms in total. The quantitative estimate of drug-likeness (QED) is 0.317. The second kappa shape index (κ2) is 14.8. The molecule has 1 unspecified atom stereocenters. The van der Waals surface area contributed by atoms with Crippen molar-refractivity contribution >= 4 is 24.0 Å². The van der Waals surface area contributed by atoms with E-state index in [0.717, 1.165) is 11.5 Å². The molecule has 2 saturated carbocycles. The minimum absolute atomic E-state index is 0.250. The molecule has 10 heteroatoms. The summed E-state index contributed by atoms with van der Waals surface area (Å²) >= 11 is 0. The normalized spacial score (nSPS) is 16.7. The van der Waals surface area contributed by atoms with Crippen LogP contribution in [0.5, 0.6) is 0 Å². The number of pyridine rings is 1. The summed E-state index contributed by atoms with van der Waals surface area (Å²) in [6.45, 7) is 2.21. The Morgan fingerprint density at radius 1 is 1.00 bits per heavy atom. The number of carbonyl (C=O) groups excluding carboxylic acids is 1. The van der Waals surface area contributed by atoms with E-state index in [9.17, 15) is 0 Å². The zero-order valence-electron chi connectivity index (χ0n) is 21.1. The van der Waals surface area contributed by atoms with Gasteiger partial charge in [0.1, 0.15) is 5.82 Å². The number of nitrogens with zero attached hydrogens (tertiary/aromatic N) is 4. The molecule has 2 aliphatic rings. The fourth-order valence-electron chi connectivity index (χ4n) is 4.76. The number of H-pyrrole nitrogens is 1. The highest BCUT2D eigenvalue weighted by Crippen LogP contribution is 2.33. The minimum atomic E-state index is 0.250. The van der Waals surface area contributed by atoms with Gasteiger partial charge in [0.25, 0.3) is 0 Å². The number of rotatable bonds is 6. The lowest BCUT2D eigenvalue weighted by atomic mass is 9.95. The Balaban J connectivity index is 0.000000184. The average molecular weight is 494 g/mol. The highest BCUT2D eigenvalue weighted by atomic mass is 16.1. The SMILES string of the molecule is CC(NC1CCCCC1)c1ccccn1.NC=O.Nc1nccc(Nc2cc(C3CCCC3)[nH]n2)n1. The van der Waals surface area contributed by atoms with Crippen LogP contribution in [0.15, 0.2) is 42.7 Å². The predicted molar refractivity (Wildman–Crippen MR) is 142 cm³/mol. The third-order valence-corrected chi connectivity index (χ3v) is 6.55. The molecule has 0 radical (unpaired) electrons. The number of anilines is 3. The standard InChI is InChI=1S/C13H20N2.C12H16N6.CH3NO/c1-11(13-9-5-6-10-14-13)15-12-7-3-2-4-8-12;13-12-14-6-5-10(16-12)15-11-7-9(17-18-11)8-3-1-2-4-8;2-1-3/h5-6,9-12,15H,2-4,7-8H2,1H3;5-8H,1-4H2,(H4,13,14,15,16,17,18);1H,(H2,2,3). The number of aromatic amines is 1. The molecule has 0 bridgehead atoms. The average Bonchev–Trinajstić information content (AvgIpc) is 3.59. The summed E-state index contributed by atoms with van der Waals surface area (Å²) in [6.07, 6.45) is 15.7. The van der Waals surface area contributed by atoms with Gasteiger partial charge in [-0.15, -0.1) is 0 Å². The highest BCUT2D eigenvalue weighted by Gasteiger charge is 2.19. The maximum absolute atomic E-state index is 8.58. The lowest BCUT2D eigenvalue weighted by Gasteiger charge is -2.26. The lowest BCUT2D eigenvalue weighted by Crippen LogP contribution is -2.33. The minimum Gasteiger partial charge on any atom is -0.372 e. The van der Waals surface area contributed by atoms with Gasteiger partial charge in [-0.05, 0) is 50.8 Å². The molecule has 2 fully saturated rings. The van der Waals surface area contributed by atoms with Crippen LogP contribution in [0.2, 0.25) is 0 Å². The zero-order chi connectivity index (χ0) is 25.6. The summed E-state index contributed by atoms with van der Waals surface area (Å²) in [5, 5.41) is 14.1. The van der Waals surface area contributed by atoms with Crippen LogP contribution in [0, 0.1) is 0 Å². The first-order valence-electron chi connectivity index (χ1n) is 12.8. The number of nitrogens with two attached hydrogens (primary N) is 2. The van der Waals surface area contributed by atoms with Crippen molar-refractivity contribution in [1.82, 2.24) is 30.5 Å². The second-order valence-electron chi connectivity index (χ2n) is 9.23. The molecule has 36 heavy (non-hydrogen) atoms. The smallest absolute Gasteiger partial charge is 0.221 e. The first kappa shape index (κ1) is 27.1. The Bertz CT molecular complexity index is 1020. The molecule has 7 N–H and O–H groups in total. The van der Waals surface area contributed by atoms with Crippen molar-refractivity contribution in [2.45, 2.75) is 82.7 Å². The molecule has 194 valence electrons. The summed E-state index contributed by atoms with van der Waals surface area (Å²) in [6, 6.07) is 11.0. The van der Waals surface area contributed by atoms with Crippen LogP contribution in [-0.2, 0) is 4.79 Å². The number of aromatic nitrogens is 5. The van der Waals surface area contributed by atoms with E-state index < -0.39 is 0 Å². The van der Waals surface area contributed by atoms with Gasteiger partial charge in [0, 0.05) is 42.2 Å². The van der Waals surface area contributed by atoms with Crippen molar-refractivity contribution in [2.75, 3.05) is 11.1 Å². The van der Waals surface area contributed by atoms with E-state index in [1.54, 1.807) is 12.3 Å². The van der Waals surface area contributed by atoms with E-state index in [1.165, 1.54) is 63.5 Å². The van der Waals surface area contributed by atoms with Crippen LogP contribution in [-0.4, -0.2) is 37.6 Å². The molecule has 3 heterocycles. The third kappa shape index (κ3) is 8.92. The first-order valence-corrected chi connectivity index (χ1v) is 12.8. The van der Waals surface area contributed by atoms with Crippen molar-refractivity contribution in [3.05, 3.63) is 54.1 Å². The van der Waals surface area contributed by atoms with Crippen molar-refractivity contribution in [3.63, 3.8) is 0 Å². The van der Waals surface area contributed by atoms with E-state index in [1.807, 2.05) is 18.3 Å². The zero-order valence-corrected chi connectivity index (χ0v) is 21.1. The third-order valence-electron chi connectivity index (χ3n) is 6.55. The van der Waals surface area contributed by atoms with Gasteiger partial charge >= 0.3 is 0 Å². The van der Waals surface area contributed by atoms with Crippen LogP contribution >= 0.6 is 0 Å². The fraction of sp³-hybridized carbons (Fsp3) is 0.500. The molecule has 0 spiro atoms. The van der Waals surface area contributed by atoms with Crippen molar-refractivity contribution in [2.24, 2.45) is 5.73 Å². The van der Waals surface area contributed by atoms with Crippen LogP contribution < -0.4 is 22.1 Å². The van der Waals surface area contributed by atoms with Gasteiger partial charge in [0.05, 0.1) is 5.69 Å². The summed E-state index contributed by atoms with van der Waals surface area (Å²) < 4.78 is 0. The van der Waals surface area contributed by atoms with Gasteiger partial charge in [-0.3, -0.25) is 14.9 Å². The topological polar surface area (TPSA) is 161 Å². The van der Waals surface area contributed by atoms with E-state index >= 15 is 0 Å². The van der Waals surface area contributed by atoms with Gasteiger partial charge in [-0.25, -0.2) is 4.98 Å². The number of nitrogens with one attached hydrogen (secondary N) is 3. The van der Waals surface area contributed by atoms with Gasteiger partial charge in [0.15, 0.2) is 5.82 Å². The fourth-order valence-corrected chi connectivity index (χ4v) is 4.76. The number of hydrogen-bond acceptors (Lipinski definition) is 8. The Hall–Kier alpha value is -3.53. The molecule has 5 rings (SSSR count). The molecule has 0 saturated heterocycles. The van der Waals surface area contributed by atoms with E-state index in [-0.39, 0.29) is 12.4 Å². The number of hydrogen-bond donors (Lipinski definition) is 5.